The fourth-order valence-corrected chi connectivity index (χ4v) is 2.87. The molecule has 0 aliphatic heterocycles. The van der Waals surface area contributed by atoms with E-state index < -0.39 is 23.8 Å². The molecule has 2 amide bonds. The number of hydrogen-bond donors (Lipinski definition) is 4. The first-order valence-electron chi connectivity index (χ1n) is 9.70. The van der Waals surface area contributed by atoms with Crippen molar-refractivity contribution in [3.8, 4) is 0 Å². The lowest BCUT2D eigenvalue weighted by Gasteiger charge is -2.04. The number of nitrogens with two attached hydrogens (primary N) is 2. The summed E-state index contributed by atoms with van der Waals surface area (Å²) < 4.78 is 0. The number of aliphatic carboxylic acids is 2. The largest absolute Gasteiger partial charge is 0.478 e. The van der Waals surface area contributed by atoms with Crippen molar-refractivity contribution in [1.29, 1.82) is 0 Å². The monoisotopic (exact) mass is 396 g/mol. The lowest BCUT2D eigenvalue weighted by Crippen LogP contribution is -2.11. The number of carboxylic acids is 2. The Morgan fingerprint density at radius 2 is 0.786 bits per heavy atom. The van der Waals surface area contributed by atoms with Crippen LogP contribution in [0, 0.1) is 0 Å². The second-order valence-electron chi connectivity index (χ2n) is 6.79. The van der Waals surface area contributed by atoms with Crippen LogP contribution in [0.5, 0.6) is 0 Å². The van der Waals surface area contributed by atoms with E-state index in [0.717, 1.165) is 76.4 Å². The smallest absolute Gasteiger partial charge is 0.331 e. The van der Waals surface area contributed by atoms with E-state index >= 15 is 0 Å². The first-order valence-corrected chi connectivity index (χ1v) is 9.70. The minimum Gasteiger partial charge on any atom is -0.478 e. The SMILES string of the molecule is NC(=O)/C=C(\CCCCCCCCCCCC/C(=C\C(N)=O)C(=O)O)C(=O)O. The minimum absolute atomic E-state index is 0.0595. The van der Waals surface area contributed by atoms with Gasteiger partial charge in [-0.2, -0.15) is 0 Å². The van der Waals surface area contributed by atoms with Gasteiger partial charge in [-0.15, -0.1) is 0 Å². The van der Waals surface area contributed by atoms with Crippen LogP contribution in [0.3, 0.4) is 0 Å². The zero-order valence-electron chi connectivity index (χ0n) is 16.3. The molecule has 6 N–H and O–H groups in total. The van der Waals surface area contributed by atoms with Gasteiger partial charge in [-0.25, -0.2) is 9.59 Å². The second-order valence-corrected chi connectivity index (χ2v) is 6.79. The highest BCUT2D eigenvalue weighted by molar-refractivity contribution is 5.97. The van der Waals surface area contributed by atoms with Crippen LogP contribution in [0.4, 0.5) is 0 Å². The molecule has 0 aliphatic rings. The Morgan fingerprint density at radius 3 is 1.00 bits per heavy atom. The van der Waals surface area contributed by atoms with Gasteiger partial charge < -0.3 is 21.7 Å². The number of rotatable bonds is 17. The summed E-state index contributed by atoms with van der Waals surface area (Å²) in [6.07, 6.45) is 12.3. The number of unbranched alkanes of at least 4 members (excludes halogenated alkanes) is 9. The van der Waals surface area contributed by atoms with Crippen molar-refractivity contribution < 1.29 is 29.4 Å². The van der Waals surface area contributed by atoms with Gasteiger partial charge in [0.15, 0.2) is 0 Å². The van der Waals surface area contributed by atoms with E-state index in [-0.39, 0.29) is 11.1 Å². The van der Waals surface area contributed by atoms with Crippen molar-refractivity contribution >= 4 is 23.8 Å². The van der Waals surface area contributed by atoms with Crippen LogP contribution < -0.4 is 11.5 Å². The molecule has 0 aromatic carbocycles. The van der Waals surface area contributed by atoms with Gasteiger partial charge in [-0.05, 0) is 25.7 Å². The summed E-state index contributed by atoms with van der Waals surface area (Å²) >= 11 is 0. The Bertz CT molecular complexity index is 544. The van der Waals surface area contributed by atoms with E-state index in [4.69, 9.17) is 21.7 Å². The van der Waals surface area contributed by atoms with Crippen LogP contribution in [-0.2, 0) is 19.2 Å². The van der Waals surface area contributed by atoms with Crippen molar-refractivity contribution in [2.45, 2.75) is 77.0 Å². The minimum atomic E-state index is -1.10. The fourth-order valence-electron chi connectivity index (χ4n) is 2.87. The molecule has 0 saturated carbocycles. The van der Waals surface area contributed by atoms with Crippen molar-refractivity contribution in [3.63, 3.8) is 0 Å². The van der Waals surface area contributed by atoms with Gasteiger partial charge in [0.05, 0.1) is 0 Å². The van der Waals surface area contributed by atoms with Gasteiger partial charge in [0, 0.05) is 23.3 Å². The van der Waals surface area contributed by atoms with Crippen LogP contribution in [0.15, 0.2) is 23.3 Å². The summed E-state index contributed by atoms with van der Waals surface area (Å²) in [6.45, 7) is 0. The standard InChI is InChI=1S/C20H32N2O6/c21-17(23)13-15(19(25)26)11-9-7-5-3-1-2-4-6-8-10-12-16(20(27)28)14-18(22)24/h13-14H,1-12H2,(H2,21,23)(H2,22,24)(H,25,26)(H,27,28)/b15-13+,16-14+. The molecule has 0 saturated heterocycles. The highest BCUT2D eigenvalue weighted by Crippen LogP contribution is 2.15. The van der Waals surface area contributed by atoms with Gasteiger partial charge in [0.2, 0.25) is 11.8 Å². The van der Waals surface area contributed by atoms with Crippen LogP contribution in [0.25, 0.3) is 0 Å². The predicted molar refractivity (Wildman–Crippen MR) is 105 cm³/mol. The van der Waals surface area contributed by atoms with E-state index in [1.54, 1.807) is 0 Å². The summed E-state index contributed by atoms with van der Waals surface area (Å²) in [6, 6.07) is 0. The van der Waals surface area contributed by atoms with Gasteiger partial charge in [0.25, 0.3) is 0 Å². The number of primary amides is 2. The highest BCUT2D eigenvalue weighted by atomic mass is 16.4. The summed E-state index contributed by atoms with van der Waals surface area (Å²) in [4.78, 5) is 43.4. The van der Waals surface area contributed by atoms with Crippen LogP contribution in [-0.4, -0.2) is 34.0 Å². The molecular formula is C20H32N2O6. The Morgan fingerprint density at radius 1 is 0.536 bits per heavy atom. The predicted octanol–water partition coefficient (Wildman–Crippen LogP) is 2.66. The maximum Gasteiger partial charge on any atom is 0.331 e. The average molecular weight is 396 g/mol. The molecule has 0 atom stereocenters. The van der Waals surface area contributed by atoms with Gasteiger partial charge in [0.1, 0.15) is 0 Å². The Kier molecular flexibility index (Phi) is 14.0. The van der Waals surface area contributed by atoms with Gasteiger partial charge >= 0.3 is 11.9 Å². The third kappa shape index (κ3) is 14.5. The van der Waals surface area contributed by atoms with Crippen LogP contribution >= 0.6 is 0 Å². The Hall–Kier alpha value is -2.64. The molecule has 0 aliphatic carbocycles. The maximum atomic E-state index is 10.9. The molecule has 0 bridgehead atoms. The van der Waals surface area contributed by atoms with E-state index in [9.17, 15) is 19.2 Å². The van der Waals surface area contributed by atoms with E-state index in [0.29, 0.717) is 12.8 Å². The Balaban J connectivity index is 3.65. The summed E-state index contributed by atoms with van der Waals surface area (Å²) in [5, 5.41) is 17.9. The molecule has 0 rings (SSSR count). The fraction of sp³-hybridized carbons (Fsp3) is 0.600. The normalized spacial score (nSPS) is 12.0. The van der Waals surface area contributed by atoms with Gasteiger partial charge in [-0.3, -0.25) is 9.59 Å². The quantitative estimate of drug-likeness (QED) is 0.218. The lowest BCUT2D eigenvalue weighted by atomic mass is 10.0. The molecule has 8 nitrogen and oxygen atoms in total. The molecule has 0 heterocycles. The Labute approximate surface area is 165 Å². The zero-order valence-corrected chi connectivity index (χ0v) is 16.3. The first kappa shape index (κ1) is 25.4. The number of carboxylic acid groups (broad SMARTS) is 2. The summed E-state index contributed by atoms with van der Waals surface area (Å²) in [7, 11) is 0. The summed E-state index contributed by atoms with van der Waals surface area (Å²) in [5.41, 5.74) is 10.1. The van der Waals surface area contributed by atoms with E-state index in [2.05, 4.69) is 0 Å². The molecule has 158 valence electrons. The molecule has 0 aromatic rings. The average Bonchev–Trinajstić information content (AvgIpc) is 2.59. The number of hydrogen-bond acceptors (Lipinski definition) is 4. The molecule has 28 heavy (non-hydrogen) atoms. The molecule has 0 spiro atoms. The van der Waals surface area contributed by atoms with Crippen molar-refractivity contribution in [1.82, 2.24) is 0 Å². The van der Waals surface area contributed by atoms with E-state index in [1.807, 2.05) is 0 Å². The molecule has 0 fully saturated rings. The van der Waals surface area contributed by atoms with Crippen molar-refractivity contribution in [2.24, 2.45) is 11.5 Å². The molecule has 8 heteroatoms. The molecular weight excluding hydrogens is 364 g/mol. The van der Waals surface area contributed by atoms with Crippen LogP contribution in [0.1, 0.15) is 77.0 Å². The van der Waals surface area contributed by atoms with Crippen molar-refractivity contribution in [3.05, 3.63) is 23.3 Å². The molecule has 0 radical (unpaired) electrons. The highest BCUT2D eigenvalue weighted by Gasteiger charge is 2.09. The summed E-state index contributed by atoms with van der Waals surface area (Å²) in [5.74, 6) is -3.67. The molecule has 0 unspecified atom stereocenters. The third-order valence-electron chi connectivity index (χ3n) is 4.32. The van der Waals surface area contributed by atoms with E-state index in [1.165, 1.54) is 0 Å². The zero-order chi connectivity index (χ0) is 21.4. The maximum absolute atomic E-state index is 10.9. The van der Waals surface area contributed by atoms with Gasteiger partial charge in [-0.1, -0.05) is 51.4 Å². The number of carbonyl (C=O) groups excluding carboxylic acids is 2. The first-order chi connectivity index (χ1) is 13.2. The van der Waals surface area contributed by atoms with Crippen molar-refractivity contribution in [2.75, 3.05) is 0 Å². The topological polar surface area (TPSA) is 161 Å². The number of carbonyl (C=O) groups is 4. The lowest BCUT2D eigenvalue weighted by molar-refractivity contribution is -0.134. The molecule has 0 aromatic heterocycles. The second kappa shape index (κ2) is 15.4. The number of amides is 2. The third-order valence-corrected chi connectivity index (χ3v) is 4.32. The van der Waals surface area contributed by atoms with Crippen LogP contribution in [0.2, 0.25) is 0 Å².